The lowest BCUT2D eigenvalue weighted by Gasteiger charge is -2.35. The number of hydrogen-bond donors (Lipinski definition) is 1. The van der Waals surface area contributed by atoms with Gasteiger partial charge in [0, 0.05) is 44.5 Å². The highest BCUT2D eigenvalue weighted by molar-refractivity contribution is 9.10. The highest BCUT2D eigenvalue weighted by Crippen LogP contribution is 2.36. The van der Waals surface area contributed by atoms with E-state index in [9.17, 15) is 22.4 Å². The van der Waals surface area contributed by atoms with Gasteiger partial charge in [0.2, 0.25) is 5.88 Å². The Morgan fingerprint density at radius 2 is 1.83 bits per heavy atom. The molecular formula is C23H29BrF4N4O2Si-. The molecule has 35 heavy (non-hydrogen) atoms. The van der Waals surface area contributed by atoms with Crippen LogP contribution in [-0.4, -0.2) is 63.7 Å². The highest BCUT2D eigenvalue weighted by atomic mass is 79.9. The topological polar surface area (TPSA) is 57.7 Å². The Hall–Kier alpha value is -2.18. The van der Waals surface area contributed by atoms with Gasteiger partial charge < -0.3 is 19.9 Å². The van der Waals surface area contributed by atoms with Crippen LogP contribution in [0.5, 0.6) is 5.88 Å². The zero-order chi connectivity index (χ0) is 26.0. The molecule has 0 spiro atoms. The monoisotopic (exact) mass is 576 g/mol. The van der Waals surface area contributed by atoms with Gasteiger partial charge in [-0.15, -0.1) is 14.1 Å². The number of hydrogen-bond acceptors (Lipinski definition) is 5. The average Bonchev–Trinajstić information content (AvgIpc) is 2.75. The number of anilines is 2. The lowest BCUT2D eigenvalue weighted by molar-refractivity contribution is -0.138. The smallest absolute Gasteiger partial charge is 0.417 e. The molecule has 1 aromatic heterocycles. The summed E-state index contributed by atoms with van der Waals surface area (Å²) in [5.74, 6) is -1.71. The second-order valence-electron chi connectivity index (χ2n) is 9.75. The molecule has 6 nitrogen and oxygen atoms in total. The minimum absolute atomic E-state index is 0.0889. The van der Waals surface area contributed by atoms with Crippen molar-refractivity contribution in [3.8, 4) is 5.88 Å². The minimum Gasteiger partial charge on any atom is -0.481 e. The quantitative estimate of drug-likeness (QED) is 0.337. The molecule has 1 fully saturated rings. The van der Waals surface area contributed by atoms with Crippen molar-refractivity contribution in [2.75, 3.05) is 50.1 Å². The van der Waals surface area contributed by atoms with Crippen molar-refractivity contribution in [2.24, 2.45) is 0 Å². The SMILES string of the molecule is CN1CCN(c2cc(F)c(Br)cc2NC(=O)c2cnc(OCC[Si-](C)(C)C)cc2C(F)(F)F)CC1. The number of rotatable bonds is 7. The van der Waals surface area contributed by atoms with Gasteiger partial charge in [0.15, 0.2) is 0 Å². The first-order valence-electron chi connectivity index (χ1n) is 11.2. The Bertz CT molecular complexity index is 1070. The molecule has 1 aromatic carbocycles. The van der Waals surface area contributed by atoms with Crippen LogP contribution in [0.4, 0.5) is 28.9 Å². The number of amides is 1. The van der Waals surface area contributed by atoms with E-state index in [0.29, 0.717) is 18.8 Å². The van der Waals surface area contributed by atoms with Gasteiger partial charge in [-0.2, -0.15) is 32.8 Å². The molecule has 1 aliphatic heterocycles. The molecule has 1 N–H and O–H groups in total. The number of alkyl halides is 3. The summed E-state index contributed by atoms with van der Waals surface area (Å²) in [5, 5.41) is 2.53. The van der Waals surface area contributed by atoms with E-state index in [1.807, 2.05) is 11.9 Å². The van der Waals surface area contributed by atoms with Crippen molar-refractivity contribution in [3.63, 3.8) is 0 Å². The Labute approximate surface area is 211 Å². The third-order valence-electron chi connectivity index (χ3n) is 5.66. The second kappa shape index (κ2) is 10.8. The standard InChI is InChI=1S/C23H29BrF4N4O2Si/c1-31-5-7-32(8-6-31)20-13-18(25)17(24)12-19(20)30-22(33)15-14-29-21(11-16(15)23(26,27)28)34-9-10-35(2,3)4/h11-14H,5-10H2,1-4H3,(H,30,33)/q-1. The molecule has 0 saturated carbocycles. The fraction of sp³-hybridized carbons (Fsp3) is 0.478. The zero-order valence-corrected chi connectivity index (χ0v) is 22.7. The summed E-state index contributed by atoms with van der Waals surface area (Å²) in [5.41, 5.74) is -1.17. The second-order valence-corrected chi connectivity index (χ2v) is 16.2. The van der Waals surface area contributed by atoms with Crippen molar-refractivity contribution in [1.82, 2.24) is 9.88 Å². The summed E-state index contributed by atoms with van der Waals surface area (Å²) in [6, 6.07) is 4.13. The highest BCUT2D eigenvalue weighted by Gasteiger charge is 2.36. The van der Waals surface area contributed by atoms with Crippen LogP contribution in [0.3, 0.4) is 0 Å². The molecular weight excluding hydrogens is 548 g/mol. The third-order valence-corrected chi connectivity index (χ3v) is 7.97. The molecule has 2 heterocycles. The lowest BCUT2D eigenvalue weighted by atomic mass is 10.1. The molecule has 0 atom stereocenters. The number of ether oxygens (including phenoxy) is 1. The number of pyridine rings is 1. The van der Waals surface area contributed by atoms with E-state index >= 15 is 0 Å². The van der Waals surface area contributed by atoms with Crippen molar-refractivity contribution in [1.29, 1.82) is 0 Å². The van der Waals surface area contributed by atoms with E-state index in [0.717, 1.165) is 31.4 Å². The summed E-state index contributed by atoms with van der Waals surface area (Å²) < 4.78 is 61.4. The molecule has 2 aromatic rings. The minimum atomic E-state index is -4.80. The Morgan fingerprint density at radius 3 is 2.43 bits per heavy atom. The van der Waals surface area contributed by atoms with Crippen molar-refractivity contribution >= 4 is 41.3 Å². The summed E-state index contributed by atoms with van der Waals surface area (Å²) in [6.45, 7) is 9.26. The maximum Gasteiger partial charge on any atom is 0.417 e. The molecule has 1 aliphatic rings. The van der Waals surface area contributed by atoms with Gasteiger partial charge in [-0.25, -0.2) is 9.37 Å². The van der Waals surface area contributed by atoms with Crippen LogP contribution >= 0.6 is 15.9 Å². The molecule has 0 bridgehead atoms. The van der Waals surface area contributed by atoms with E-state index in [1.165, 1.54) is 12.1 Å². The van der Waals surface area contributed by atoms with Gasteiger partial charge in [-0.05, 0) is 29.0 Å². The molecule has 0 unspecified atom stereocenters. The van der Waals surface area contributed by atoms with E-state index in [1.54, 1.807) is 0 Å². The first-order chi connectivity index (χ1) is 16.2. The first kappa shape index (κ1) is 27.4. The predicted molar refractivity (Wildman–Crippen MR) is 135 cm³/mol. The molecule has 1 saturated heterocycles. The largest absolute Gasteiger partial charge is 0.481 e. The number of piperazine rings is 1. The van der Waals surface area contributed by atoms with Crippen LogP contribution in [0.15, 0.2) is 28.9 Å². The van der Waals surface area contributed by atoms with Crippen LogP contribution in [0.2, 0.25) is 25.7 Å². The number of aromatic nitrogens is 1. The fourth-order valence-electron chi connectivity index (χ4n) is 3.53. The van der Waals surface area contributed by atoms with Crippen molar-refractivity contribution in [3.05, 3.63) is 45.8 Å². The Kier molecular flexibility index (Phi) is 8.48. The van der Waals surface area contributed by atoms with Gasteiger partial charge in [0.25, 0.3) is 5.91 Å². The molecule has 0 radical (unpaired) electrons. The summed E-state index contributed by atoms with van der Waals surface area (Å²) in [7, 11) is 0.522. The number of benzene rings is 1. The van der Waals surface area contributed by atoms with Crippen LogP contribution in [-0.2, 0) is 6.18 Å². The van der Waals surface area contributed by atoms with Gasteiger partial charge >= 0.3 is 6.18 Å². The van der Waals surface area contributed by atoms with E-state index in [4.69, 9.17) is 4.74 Å². The number of carbonyl (C=O) groups excluding carboxylic acids is 1. The predicted octanol–water partition coefficient (Wildman–Crippen LogP) is 5.72. The first-order valence-corrected chi connectivity index (χ1v) is 15.7. The van der Waals surface area contributed by atoms with Gasteiger partial charge in [0.1, 0.15) is 5.82 Å². The number of nitrogens with zero attached hydrogens (tertiary/aromatic N) is 3. The van der Waals surface area contributed by atoms with Crippen molar-refractivity contribution in [2.45, 2.75) is 31.9 Å². The van der Waals surface area contributed by atoms with Crippen molar-refractivity contribution < 1.29 is 27.1 Å². The molecule has 12 heteroatoms. The summed E-state index contributed by atoms with van der Waals surface area (Å²) in [4.78, 5) is 20.9. The van der Waals surface area contributed by atoms with E-state index in [2.05, 4.69) is 50.8 Å². The fourth-order valence-corrected chi connectivity index (χ4v) is 4.59. The average molecular weight is 577 g/mol. The molecule has 193 valence electrons. The van der Waals surface area contributed by atoms with Crippen LogP contribution in [0.1, 0.15) is 15.9 Å². The number of likely N-dealkylation sites (N-methyl/N-ethyl adjacent to an activating group) is 1. The van der Waals surface area contributed by atoms with Gasteiger partial charge in [0.05, 0.1) is 33.6 Å². The number of nitrogens with one attached hydrogen (secondary N) is 1. The number of carbonyl (C=O) groups is 1. The zero-order valence-electron chi connectivity index (χ0n) is 20.1. The summed E-state index contributed by atoms with van der Waals surface area (Å²) in [6.07, 6.45) is -3.92. The Balaban J connectivity index is 1.88. The lowest BCUT2D eigenvalue weighted by Crippen LogP contribution is -2.44. The number of halogens is 5. The summed E-state index contributed by atoms with van der Waals surface area (Å²) >= 11 is 3.09. The maximum absolute atomic E-state index is 14.3. The van der Waals surface area contributed by atoms with Gasteiger partial charge in [-0.1, -0.05) is 0 Å². The van der Waals surface area contributed by atoms with Crippen LogP contribution < -0.4 is 15.0 Å². The third kappa shape index (κ3) is 7.40. The van der Waals surface area contributed by atoms with Crippen LogP contribution in [0, 0.1) is 5.82 Å². The normalized spacial score (nSPS) is 15.3. The molecule has 3 rings (SSSR count). The molecule has 0 aliphatic carbocycles. The molecule has 1 amide bonds. The maximum atomic E-state index is 14.3. The van der Waals surface area contributed by atoms with Gasteiger partial charge in [-0.3, -0.25) is 4.79 Å². The van der Waals surface area contributed by atoms with E-state index in [-0.39, 0.29) is 22.6 Å². The van der Waals surface area contributed by atoms with Crippen LogP contribution in [0.25, 0.3) is 0 Å². The van der Waals surface area contributed by atoms with E-state index < -0.39 is 37.1 Å². The Morgan fingerprint density at radius 1 is 1.17 bits per heavy atom.